The second-order valence-electron chi connectivity index (χ2n) is 9.31. The molecule has 0 aliphatic carbocycles. The Bertz CT molecular complexity index is 1370. The summed E-state index contributed by atoms with van der Waals surface area (Å²) in [7, 11) is 1.34. The first-order valence-electron chi connectivity index (χ1n) is 12.5. The molecule has 1 aliphatic heterocycles. The Kier molecular flexibility index (Phi) is 8.33. The van der Waals surface area contributed by atoms with Crippen molar-refractivity contribution in [2.75, 3.05) is 26.7 Å². The Morgan fingerprint density at radius 1 is 0.921 bits per heavy atom. The predicted octanol–water partition coefficient (Wildman–Crippen LogP) is 3.81. The fourth-order valence-corrected chi connectivity index (χ4v) is 4.67. The third kappa shape index (κ3) is 6.15. The average molecular weight is 514 g/mol. The number of nitrogens with two attached hydrogens (primary N) is 1. The molecule has 0 saturated carbocycles. The van der Waals surface area contributed by atoms with E-state index in [9.17, 15) is 19.2 Å². The second-order valence-corrected chi connectivity index (χ2v) is 9.31. The molecule has 0 unspecified atom stereocenters. The van der Waals surface area contributed by atoms with Crippen LogP contribution in [0.3, 0.4) is 0 Å². The molecule has 0 aromatic heterocycles. The smallest absolute Gasteiger partial charge is 0.337 e. The molecule has 0 spiro atoms. The number of nitrogens with zero attached hydrogens (tertiary/aromatic N) is 2. The molecular formula is C30H31N3O5. The number of Topliss-reactive ketones (excluding diaryl/α,β-unsaturated/α-hetero) is 1. The van der Waals surface area contributed by atoms with Crippen molar-refractivity contribution in [1.29, 1.82) is 0 Å². The van der Waals surface area contributed by atoms with Gasteiger partial charge in [0, 0.05) is 43.6 Å². The molecule has 196 valence electrons. The van der Waals surface area contributed by atoms with E-state index in [1.54, 1.807) is 35.3 Å². The molecule has 4 rings (SSSR count). The summed E-state index contributed by atoms with van der Waals surface area (Å²) in [6, 6.07) is 19.9. The Labute approximate surface area is 222 Å². The number of ketones is 1. The minimum absolute atomic E-state index is 0.00374. The average Bonchev–Trinajstić information content (AvgIpc) is 3.29. The molecule has 1 heterocycles. The van der Waals surface area contributed by atoms with Crippen LogP contribution in [0, 0.1) is 6.92 Å². The van der Waals surface area contributed by atoms with Crippen LogP contribution >= 0.6 is 0 Å². The van der Waals surface area contributed by atoms with Gasteiger partial charge in [-0.3, -0.25) is 19.4 Å². The van der Waals surface area contributed by atoms with Crippen molar-refractivity contribution in [2.45, 2.75) is 26.2 Å². The van der Waals surface area contributed by atoms with Gasteiger partial charge in [-0.25, -0.2) is 9.80 Å². The van der Waals surface area contributed by atoms with Crippen molar-refractivity contribution >= 4 is 23.6 Å². The van der Waals surface area contributed by atoms with Gasteiger partial charge in [0.05, 0.1) is 12.7 Å². The van der Waals surface area contributed by atoms with Crippen molar-refractivity contribution < 1.29 is 23.9 Å². The summed E-state index contributed by atoms with van der Waals surface area (Å²) in [5.74, 6) is -0.824. The molecule has 1 saturated heterocycles. The number of hydrogen-bond donors (Lipinski definition) is 1. The number of ether oxygens (including phenoxy) is 1. The maximum atomic E-state index is 13.1. The Hall–Kier alpha value is -4.30. The van der Waals surface area contributed by atoms with Gasteiger partial charge in [0.25, 0.3) is 0 Å². The first kappa shape index (κ1) is 26.8. The second kappa shape index (κ2) is 11.8. The number of hydrazine groups is 1. The molecule has 0 atom stereocenters. The maximum absolute atomic E-state index is 13.1. The highest BCUT2D eigenvalue weighted by Crippen LogP contribution is 2.26. The van der Waals surface area contributed by atoms with Crippen LogP contribution in [0.25, 0.3) is 11.1 Å². The lowest BCUT2D eigenvalue weighted by atomic mass is 9.95. The van der Waals surface area contributed by atoms with Crippen LogP contribution in [0.2, 0.25) is 0 Å². The zero-order valence-electron chi connectivity index (χ0n) is 21.6. The third-order valence-electron chi connectivity index (χ3n) is 6.80. The van der Waals surface area contributed by atoms with Gasteiger partial charge in [0.1, 0.15) is 0 Å². The van der Waals surface area contributed by atoms with E-state index < -0.39 is 5.91 Å². The minimum atomic E-state index is -0.477. The first-order valence-corrected chi connectivity index (χ1v) is 12.5. The molecule has 2 N–H and O–H groups in total. The highest BCUT2D eigenvalue weighted by molar-refractivity contribution is 5.98. The monoisotopic (exact) mass is 513 g/mol. The van der Waals surface area contributed by atoms with Crippen molar-refractivity contribution in [3.63, 3.8) is 0 Å². The van der Waals surface area contributed by atoms with E-state index in [0.717, 1.165) is 22.3 Å². The number of hydrogen-bond acceptors (Lipinski definition) is 6. The van der Waals surface area contributed by atoms with Gasteiger partial charge < -0.3 is 10.5 Å². The number of carbonyl (C=O) groups is 4. The predicted molar refractivity (Wildman–Crippen MR) is 143 cm³/mol. The van der Waals surface area contributed by atoms with Crippen LogP contribution in [-0.4, -0.2) is 60.3 Å². The molecule has 8 heteroatoms. The van der Waals surface area contributed by atoms with E-state index in [4.69, 9.17) is 10.5 Å². The molecule has 0 bridgehead atoms. The summed E-state index contributed by atoms with van der Waals surface area (Å²) >= 11 is 0. The number of methoxy groups -OCH3 is 1. The third-order valence-corrected chi connectivity index (χ3v) is 6.80. The number of amides is 2. The molecule has 2 amide bonds. The van der Waals surface area contributed by atoms with Gasteiger partial charge in [-0.2, -0.15) is 0 Å². The van der Waals surface area contributed by atoms with E-state index in [2.05, 4.69) is 0 Å². The largest absolute Gasteiger partial charge is 0.465 e. The Morgan fingerprint density at radius 3 is 2.34 bits per heavy atom. The summed E-state index contributed by atoms with van der Waals surface area (Å²) in [5, 5.41) is 3.67. The highest BCUT2D eigenvalue weighted by Gasteiger charge is 2.28. The molecule has 3 aromatic rings. The number of aryl methyl sites for hydroxylation is 1. The summed E-state index contributed by atoms with van der Waals surface area (Å²) in [6.45, 7) is 3.44. The van der Waals surface area contributed by atoms with E-state index in [1.165, 1.54) is 7.11 Å². The number of rotatable bonds is 10. The van der Waals surface area contributed by atoms with Crippen molar-refractivity contribution in [3.05, 3.63) is 94.5 Å². The van der Waals surface area contributed by atoms with Gasteiger partial charge in [0.15, 0.2) is 5.78 Å². The lowest BCUT2D eigenvalue weighted by molar-refractivity contribution is -0.137. The highest BCUT2D eigenvalue weighted by atomic mass is 16.5. The van der Waals surface area contributed by atoms with Crippen LogP contribution < -0.4 is 5.73 Å². The molecule has 8 nitrogen and oxygen atoms in total. The fourth-order valence-electron chi connectivity index (χ4n) is 4.67. The van der Waals surface area contributed by atoms with Crippen molar-refractivity contribution in [1.82, 2.24) is 10.0 Å². The minimum Gasteiger partial charge on any atom is -0.465 e. The molecule has 0 radical (unpaired) electrons. The molecule has 1 aliphatic rings. The van der Waals surface area contributed by atoms with E-state index >= 15 is 0 Å². The maximum Gasteiger partial charge on any atom is 0.337 e. The van der Waals surface area contributed by atoms with E-state index in [-0.39, 0.29) is 24.1 Å². The fraction of sp³-hybridized carbons (Fsp3) is 0.267. The van der Waals surface area contributed by atoms with Gasteiger partial charge in [-0.15, -0.1) is 0 Å². The number of esters is 1. The van der Waals surface area contributed by atoms with E-state index in [0.29, 0.717) is 49.2 Å². The quantitative estimate of drug-likeness (QED) is 0.326. The number of primary amides is 1. The molecular weight excluding hydrogens is 482 g/mol. The van der Waals surface area contributed by atoms with Gasteiger partial charge >= 0.3 is 5.97 Å². The van der Waals surface area contributed by atoms with Crippen molar-refractivity contribution in [3.8, 4) is 11.1 Å². The Morgan fingerprint density at radius 2 is 1.66 bits per heavy atom. The first-order chi connectivity index (χ1) is 18.3. The zero-order valence-corrected chi connectivity index (χ0v) is 21.6. The topological polar surface area (TPSA) is 110 Å². The summed E-state index contributed by atoms with van der Waals surface area (Å²) < 4.78 is 4.73. The Balaban J connectivity index is 1.37. The summed E-state index contributed by atoms with van der Waals surface area (Å²) in [6.07, 6.45) is 1.33. The summed E-state index contributed by atoms with van der Waals surface area (Å²) in [5.41, 5.74) is 10.6. The number of carbonyl (C=O) groups excluding carboxylic acids is 4. The molecule has 1 fully saturated rings. The molecule has 38 heavy (non-hydrogen) atoms. The lowest BCUT2D eigenvalue weighted by Gasteiger charge is -2.28. The summed E-state index contributed by atoms with van der Waals surface area (Å²) in [4.78, 5) is 48.7. The normalized spacial score (nSPS) is 13.5. The van der Waals surface area contributed by atoms with Crippen LogP contribution in [0.5, 0.6) is 0 Å². The lowest BCUT2D eigenvalue weighted by Crippen LogP contribution is -2.41. The zero-order chi connectivity index (χ0) is 27.2. The van der Waals surface area contributed by atoms with Crippen LogP contribution in [0.15, 0.2) is 66.7 Å². The van der Waals surface area contributed by atoms with Crippen LogP contribution in [0.1, 0.15) is 55.0 Å². The van der Waals surface area contributed by atoms with Gasteiger partial charge in [0.2, 0.25) is 11.8 Å². The van der Waals surface area contributed by atoms with Crippen LogP contribution in [0.4, 0.5) is 0 Å². The number of benzene rings is 3. The van der Waals surface area contributed by atoms with Crippen molar-refractivity contribution in [2.24, 2.45) is 5.73 Å². The van der Waals surface area contributed by atoms with Gasteiger partial charge in [-0.05, 0) is 65.9 Å². The van der Waals surface area contributed by atoms with Gasteiger partial charge in [-0.1, -0.05) is 36.4 Å². The SMILES string of the molecule is COC(=O)c1ccc(CCN2C(=O)CCN2CCC(=O)c2cccc(-c3ccc(C(N)=O)cc3C)c2)cc1. The van der Waals surface area contributed by atoms with E-state index in [1.807, 2.05) is 48.3 Å². The van der Waals surface area contributed by atoms with Crippen LogP contribution in [-0.2, 0) is 16.0 Å². The standard InChI is InChI=1S/C30H31N3O5/c1-20-18-25(29(31)36)10-11-26(20)23-4-3-5-24(19-23)27(34)13-15-32-16-14-28(35)33(32)17-12-21-6-8-22(9-7-21)30(37)38-2/h3-11,18-19H,12-17H2,1-2H3,(H2,31,36). The molecule has 3 aromatic carbocycles.